The molecular formula is C15H21F3N2O. The first kappa shape index (κ1) is 17.5. The van der Waals surface area contributed by atoms with Gasteiger partial charge in [0.2, 0.25) is 5.91 Å². The summed E-state index contributed by atoms with van der Waals surface area (Å²) in [5.41, 5.74) is -0.681. The van der Waals surface area contributed by atoms with E-state index in [0.29, 0.717) is 12.8 Å². The number of alkyl halides is 3. The fraction of sp³-hybridized carbons (Fsp3) is 0.600. The van der Waals surface area contributed by atoms with Crippen molar-refractivity contribution in [2.45, 2.75) is 45.8 Å². The van der Waals surface area contributed by atoms with Gasteiger partial charge in [-0.05, 0) is 18.4 Å². The molecule has 118 valence electrons. The van der Waals surface area contributed by atoms with Crippen molar-refractivity contribution in [3.63, 3.8) is 0 Å². The molecule has 0 saturated carbocycles. The minimum Gasteiger partial charge on any atom is -0.338 e. The highest BCUT2D eigenvalue weighted by Crippen LogP contribution is 2.38. The zero-order chi connectivity index (χ0) is 16.2. The van der Waals surface area contributed by atoms with E-state index in [1.165, 1.54) is 11.1 Å². The summed E-state index contributed by atoms with van der Waals surface area (Å²) in [4.78, 5) is 17.3. The molecule has 1 amide bonds. The molecule has 0 fully saturated rings. The Morgan fingerprint density at radius 1 is 1.38 bits per heavy atom. The first-order valence-electron chi connectivity index (χ1n) is 6.96. The van der Waals surface area contributed by atoms with Gasteiger partial charge >= 0.3 is 6.18 Å². The van der Waals surface area contributed by atoms with Gasteiger partial charge in [-0.1, -0.05) is 20.8 Å². The second-order valence-corrected chi connectivity index (χ2v) is 5.40. The van der Waals surface area contributed by atoms with Crippen molar-refractivity contribution < 1.29 is 18.0 Å². The van der Waals surface area contributed by atoms with Crippen LogP contribution >= 0.6 is 0 Å². The molecule has 0 N–H and O–H groups in total. The van der Waals surface area contributed by atoms with Crippen molar-refractivity contribution in [3.8, 4) is 0 Å². The molecule has 1 unspecified atom stereocenters. The molecule has 1 aromatic rings. The Bertz CT molecular complexity index is 486. The van der Waals surface area contributed by atoms with Gasteiger partial charge in [0.05, 0.1) is 11.6 Å². The lowest BCUT2D eigenvalue weighted by molar-refractivity contribution is -0.141. The number of nitrogens with zero attached hydrogens (tertiary/aromatic N) is 2. The van der Waals surface area contributed by atoms with E-state index in [9.17, 15) is 18.0 Å². The van der Waals surface area contributed by atoms with Crippen LogP contribution in [0.15, 0.2) is 18.5 Å². The van der Waals surface area contributed by atoms with E-state index in [-0.39, 0.29) is 17.4 Å². The first-order chi connectivity index (χ1) is 9.70. The molecule has 0 saturated heterocycles. The third kappa shape index (κ3) is 4.19. The van der Waals surface area contributed by atoms with Gasteiger partial charge in [0.1, 0.15) is 0 Å². The number of aromatic nitrogens is 1. The van der Waals surface area contributed by atoms with Crippen LogP contribution in [0.5, 0.6) is 0 Å². The molecule has 1 atom stereocenters. The summed E-state index contributed by atoms with van der Waals surface area (Å²) < 4.78 is 39.5. The molecule has 21 heavy (non-hydrogen) atoms. The predicted molar refractivity (Wildman–Crippen MR) is 74.5 cm³/mol. The molecule has 0 spiro atoms. The molecular weight excluding hydrogens is 281 g/mol. The van der Waals surface area contributed by atoms with Gasteiger partial charge in [0.15, 0.2) is 0 Å². The number of amides is 1. The Morgan fingerprint density at radius 2 is 2.00 bits per heavy atom. The maximum Gasteiger partial charge on any atom is 0.416 e. The van der Waals surface area contributed by atoms with Crippen molar-refractivity contribution in [3.05, 3.63) is 29.6 Å². The van der Waals surface area contributed by atoms with E-state index in [2.05, 4.69) is 4.98 Å². The number of hydrogen-bond acceptors (Lipinski definition) is 2. The Morgan fingerprint density at radius 3 is 2.48 bits per heavy atom. The largest absolute Gasteiger partial charge is 0.416 e. The van der Waals surface area contributed by atoms with Crippen LogP contribution in [0.3, 0.4) is 0 Å². The van der Waals surface area contributed by atoms with Crippen molar-refractivity contribution in [1.82, 2.24) is 9.88 Å². The lowest BCUT2D eigenvalue weighted by Crippen LogP contribution is -2.35. The van der Waals surface area contributed by atoms with Gasteiger partial charge in [0.25, 0.3) is 0 Å². The van der Waals surface area contributed by atoms with E-state index in [1.807, 2.05) is 6.92 Å². The van der Waals surface area contributed by atoms with Gasteiger partial charge in [-0.25, -0.2) is 0 Å². The highest BCUT2D eigenvalue weighted by Gasteiger charge is 2.37. The summed E-state index contributed by atoms with van der Waals surface area (Å²) in [5, 5.41) is 0. The summed E-state index contributed by atoms with van der Waals surface area (Å²) in [6.45, 7) is 5.46. The molecule has 0 radical (unpaired) electrons. The average molecular weight is 302 g/mol. The average Bonchev–Trinajstić information content (AvgIpc) is 2.38. The van der Waals surface area contributed by atoms with Crippen molar-refractivity contribution in [2.75, 3.05) is 7.05 Å². The van der Waals surface area contributed by atoms with E-state index >= 15 is 0 Å². The number of halogens is 3. The Balaban J connectivity index is 3.28. The highest BCUT2D eigenvalue weighted by atomic mass is 19.4. The Hall–Kier alpha value is -1.59. The normalized spacial score (nSPS) is 13.3. The van der Waals surface area contributed by atoms with Crippen LogP contribution in [0.25, 0.3) is 0 Å². The van der Waals surface area contributed by atoms with Crippen LogP contribution in [-0.4, -0.2) is 22.8 Å². The zero-order valence-corrected chi connectivity index (χ0v) is 12.7. The fourth-order valence-corrected chi connectivity index (χ4v) is 2.46. The quantitative estimate of drug-likeness (QED) is 0.822. The first-order valence-corrected chi connectivity index (χ1v) is 6.96. The molecule has 0 bridgehead atoms. The summed E-state index contributed by atoms with van der Waals surface area (Å²) in [5.74, 6) is -0.311. The van der Waals surface area contributed by atoms with Gasteiger partial charge < -0.3 is 4.90 Å². The second kappa shape index (κ2) is 6.91. The topological polar surface area (TPSA) is 33.2 Å². The smallest absolute Gasteiger partial charge is 0.338 e. The second-order valence-electron chi connectivity index (χ2n) is 5.40. The van der Waals surface area contributed by atoms with Crippen LogP contribution in [-0.2, 0) is 11.0 Å². The monoisotopic (exact) mass is 302 g/mol. The Kier molecular flexibility index (Phi) is 5.75. The minimum atomic E-state index is -4.46. The molecule has 1 aromatic heterocycles. The maximum absolute atomic E-state index is 13.2. The van der Waals surface area contributed by atoms with Crippen molar-refractivity contribution >= 4 is 5.91 Å². The lowest BCUT2D eigenvalue weighted by Gasteiger charge is -2.33. The van der Waals surface area contributed by atoms with Crippen molar-refractivity contribution in [2.24, 2.45) is 5.92 Å². The van der Waals surface area contributed by atoms with Crippen LogP contribution in [0.4, 0.5) is 13.2 Å². The number of carbonyl (C=O) groups is 1. The number of hydrogen-bond donors (Lipinski definition) is 0. The maximum atomic E-state index is 13.2. The third-order valence-electron chi connectivity index (χ3n) is 3.38. The molecule has 0 aliphatic rings. The van der Waals surface area contributed by atoms with Gasteiger partial charge in [0, 0.05) is 31.4 Å². The molecule has 1 heterocycles. The fourth-order valence-electron chi connectivity index (χ4n) is 2.46. The van der Waals surface area contributed by atoms with Gasteiger partial charge in [-0.15, -0.1) is 0 Å². The number of pyridine rings is 1. The van der Waals surface area contributed by atoms with Gasteiger partial charge in [-0.3, -0.25) is 9.78 Å². The van der Waals surface area contributed by atoms with E-state index in [1.54, 1.807) is 20.9 Å². The van der Waals surface area contributed by atoms with E-state index < -0.39 is 17.8 Å². The van der Waals surface area contributed by atoms with E-state index in [4.69, 9.17) is 0 Å². The predicted octanol–water partition coefficient (Wildman–Crippen LogP) is 4.06. The molecule has 6 heteroatoms. The van der Waals surface area contributed by atoms with Crippen LogP contribution < -0.4 is 0 Å². The summed E-state index contributed by atoms with van der Waals surface area (Å²) >= 11 is 0. The lowest BCUT2D eigenvalue weighted by atomic mass is 9.92. The molecule has 0 aromatic carbocycles. The molecule has 0 aliphatic heterocycles. The van der Waals surface area contributed by atoms with Crippen LogP contribution in [0, 0.1) is 5.92 Å². The summed E-state index contributed by atoms with van der Waals surface area (Å²) in [6.07, 6.45) is -1.14. The van der Waals surface area contributed by atoms with Crippen LogP contribution in [0.1, 0.15) is 50.8 Å². The standard InChI is InChI=1S/C15H21F3N2O/c1-5-6-13(21)20(4)14(10(2)3)11-9-19-8-7-12(11)15(16,17)18/h7-10,14H,5-6H2,1-4H3. The molecule has 0 aliphatic carbocycles. The van der Waals surface area contributed by atoms with Crippen molar-refractivity contribution in [1.29, 1.82) is 0 Å². The SMILES string of the molecule is CCCC(=O)N(C)C(c1cnccc1C(F)(F)F)C(C)C. The van der Waals surface area contributed by atoms with Crippen LogP contribution in [0.2, 0.25) is 0 Å². The minimum absolute atomic E-state index is 0.0481. The summed E-state index contributed by atoms with van der Waals surface area (Å²) in [6, 6.07) is 0.317. The molecule has 3 nitrogen and oxygen atoms in total. The third-order valence-corrected chi connectivity index (χ3v) is 3.38. The summed E-state index contributed by atoms with van der Waals surface area (Å²) in [7, 11) is 1.55. The highest BCUT2D eigenvalue weighted by molar-refractivity contribution is 5.76. The Labute approximate surface area is 123 Å². The zero-order valence-electron chi connectivity index (χ0n) is 12.7. The van der Waals surface area contributed by atoms with Gasteiger partial charge in [-0.2, -0.15) is 13.2 Å². The molecule has 1 rings (SSSR count). The van der Waals surface area contributed by atoms with E-state index in [0.717, 1.165) is 12.3 Å². The number of carbonyl (C=O) groups excluding carboxylic acids is 1. The number of rotatable bonds is 5.